The second kappa shape index (κ2) is 6.92. The molecule has 0 fully saturated rings. The molecule has 7 heteroatoms. The number of halogens is 2. The topological polar surface area (TPSA) is 37.4 Å². The van der Waals surface area contributed by atoms with E-state index in [1.54, 1.807) is 12.1 Å². The first-order valence-electron chi connectivity index (χ1n) is 7.18. The Morgan fingerprint density at radius 2 is 1.83 bits per heavy atom. The van der Waals surface area contributed by atoms with Gasteiger partial charge in [-0.15, -0.1) is 23.1 Å². The highest BCUT2D eigenvalue weighted by Gasteiger charge is 2.41. The molecular weight excluding hydrogens is 385 g/mol. The number of thioether (sulfide) groups is 1. The first kappa shape index (κ1) is 17.5. The van der Waals surface area contributed by atoms with Crippen molar-refractivity contribution in [3.63, 3.8) is 0 Å². The number of hydrogen-bond acceptors (Lipinski definition) is 4. The minimum absolute atomic E-state index is 0.181. The average molecular weight is 398 g/mol. The Hall–Kier alpha value is -1.27. The van der Waals surface area contributed by atoms with Crippen LogP contribution in [0.5, 0.6) is 0 Å². The van der Waals surface area contributed by atoms with Crippen LogP contribution in [0.2, 0.25) is 10.0 Å². The van der Waals surface area contributed by atoms with Gasteiger partial charge in [0.05, 0.1) is 26.2 Å². The van der Waals surface area contributed by atoms with Gasteiger partial charge in [0.25, 0.3) is 11.8 Å². The minimum Gasteiger partial charge on any atom is -0.268 e. The van der Waals surface area contributed by atoms with Crippen LogP contribution in [0, 0.1) is 0 Å². The van der Waals surface area contributed by atoms with Crippen LogP contribution in [0.4, 0.5) is 5.69 Å². The van der Waals surface area contributed by atoms with Gasteiger partial charge < -0.3 is 0 Å². The molecule has 2 aromatic rings. The van der Waals surface area contributed by atoms with Crippen molar-refractivity contribution in [3.8, 4) is 0 Å². The fourth-order valence-corrected chi connectivity index (χ4v) is 4.46. The lowest BCUT2D eigenvalue weighted by atomic mass is 10.2. The normalized spacial score (nSPS) is 15.1. The fraction of sp³-hybridized carbons (Fsp3) is 0.176. The van der Waals surface area contributed by atoms with Gasteiger partial charge in [-0.05, 0) is 29.6 Å². The van der Waals surface area contributed by atoms with E-state index in [4.69, 9.17) is 23.2 Å². The highest BCUT2D eigenvalue weighted by molar-refractivity contribution is 8.04. The maximum absolute atomic E-state index is 13.0. The number of thiophene rings is 1. The summed E-state index contributed by atoms with van der Waals surface area (Å²) in [6.45, 7) is 3.98. The molecule has 0 N–H and O–H groups in total. The molecule has 24 heavy (non-hydrogen) atoms. The molecule has 1 aliphatic rings. The minimum atomic E-state index is -0.330. The number of imide groups is 1. The van der Waals surface area contributed by atoms with E-state index in [9.17, 15) is 9.59 Å². The number of nitrogens with zero attached hydrogens (tertiary/aromatic N) is 1. The van der Waals surface area contributed by atoms with Crippen molar-refractivity contribution < 1.29 is 9.59 Å². The number of carbonyl (C=O) groups is 2. The third-order valence-corrected chi connectivity index (χ3v) is 6.04. The van der Waals surface area contributed by atoms with Crippen molar-refractivity contribution in [2.75, 3.05) is 4.90 Å². The molecule has 1 aromatic heterocycles. The Kier molecular flexibility index (Phi) is 5.06. The van der Waals surface area contributed by atoms with Gasteiger partial charge in [0.1, 0.15) is 0 Å². The Balaban J connectivity index is 2.09. The van der Waals surface area contributed by atoms with Crippen LogP contribution in [0.3, 0.4) is 0 Å². The molecule has 2 amide bonds. The monoisotopic (exact) mass is 397 g/mol. The Labute approximate surface area is 158 Å². The van der Waals surface area contributed by atoms with E-state index in [1.807, 2.05) is 31.4 Å². The van der Waals surface area contributed by atoms with E-state index in [2.05, 4.69) is 0 Å². The predicted octanol–water partition coefficient (Wildman–Crippen LogP) is 5.48. The molecule has 0 unspecified atom stereocenters. The molecule has 1 aromatic carbocycles. The summed E-state index contributed by atoms with van der Waals surface area (Å²) in [6.07, 6.45) is 0. The third-order valence-electron chi connectivity index (χ3n) is 3.32. The van der Waals surface area contributed by atoms with Crippen molar-refractivity contribution in [1.29, 1.82) is 0 Å². The Morgan fingerprint density at radius 1 is 1.08 bits per heavy atom. The van der Waals surface area contributed by atoms with Crippen LogP contribution in [0.1, 0.15) is 18.7 Å². The zero-order chi connectivity index (χ0) is 17.4. The van der Waals surface area contributed by atoms with Crippen molar-refractivity contribution in [1.82, 2.24) is 0 Å². The van der Waals surface area contributed by atoms with E-state index < -0.39 is 0 Å². The van der Waals surface area contributed by atoms with Gasteiger partial charge >= 0.3 is 0 Å². The summed E-state index contributed by atoms with van der Waals surface area (Å²) >= 11 is 14.8. The summed E-state index contributed by atoms with van der Waals surface area (Å²) in [4.78, 5) is 28.3. The lowest BCUT2D eigenvalue weighted by molar-refractivity contribution is -0.119. The molecule has 2 heterocycles. The van der Waals surface area contributed by atoms with Gasteiger partial charge in [0.2, 0.25) is 0 Å². The lowest BCUT2D eigenvalue weighted by Crippen LogP contribution is -2.31. The van der Waals surface area contributed by atoms with Gasteiger partial charge in [-0.2, -0.15) is 0 Å². The van der Waals surface area contributed by atoms with Crippen LogP contribution < -0.4 is 4.90 Å². The van der Waals surface area contributed by atoms with Gasteiger partial charge in [-0.3, -0.25) is 9.59 Å². The van der Waals surface area contributed by atoms with Gasteiger partial charge in [-0.1, -0.05) is 43.1 Å². The maximum Gasteiger partial charge on any atom is 0.272 e. The van der Waals surface area contributed by atoms with Crippen molar-refractivity contribution in [2.24, 2.45) is 0 Å². The summed E-state index contributed by atoms with van der Waals surface area (Å²) in [5, 5.41) is 2.75. The molecule has 3 nitrogen and oxygen atoms in total. The van der Waals surface area contributed by atoms with Crippen LogP contribution >= 0.6 is 46.3 Å². The number of amides is 2. The summed E-state index contributed by atoms with van der Waals surface area (Å²) in [5.41, 5.74) is 0.882. The zero-order valence-electron chi connectivity index (χ0n) is 12.9. The average Bonchev–Trinajstić information content (AvgIpc) is 3.10. The quantitative estimate of drug-likeness (QED) is 0.640. The first-order chi connectivity index (χ1) is 11.4. The highest BCUT2D eigenvalue weighted by Crippen LogP contribution is 2.41. The number of rotatable bonds is 4. The van der Waals surface area contributed by atoms with E-state index >= 15 is 0 Å². The number of benzene rings is 1. The molecule has 0 atom stereocenters. The summed E-state index contributed by atoms with van der Waals surface area (Å²) in [5.74, 6) is -0.649. The smallest absolute Gasteiger partial charge is 0.268 e. The van der Waals surface area contributed by atoms with Crippen LogP contribution in [-0.2, 0) is 9.59 Å². The maximum atomic E-state index is 13.0. The van der Waals surface area contributed by atoms with E-state index in [0.717, 1.165) is 4.88 Å². The molecule has 0 saturated heterocycles. The molecule has 0 bridgehead atoms. The molecule has 3 rings (SSSR count). The molecule has 124 valence electrons. The SMILES string of the molecule is CC(C)SC1=C(c2cccs2)C(=O)N(c2ccc(Cl)c(Cl)c2)C1=O. The fourth-order valence-electron chi connectivity index (χ4n) is 2.35. The Bertz CT molecular complexity index is 844. The number of anilines is 1. The third kappa shape index (κ3) is 3.14. The molecule has 0 radical (unpaired) electrons. The standard InChI is InChI=1S/C17H13Cl2NO2S2/c1-9(2)24-15-14(13-4-3-7-23-13)16(21)20(17(15)22)10-5-6-11(18)12(19)8-10/h3-9H,1-2H3. The van der Waals surface area contributed by atoms with Gasteiger partial charge in [0, 0.05) is 10.1 Å². The molecule has 0 aliphatic carbocycles. The first-order valence-corrected chi connectivity index (χ1v) is 9.70. The number of carbonyl (C=O) groups excluding carboxylic acids is 2. The largest absolute Gasteiger partial charge is 0.272 e. The van der Waals surface area contributed by atoms with Gasteiger partial charge in [-0.25, -0.2) is 4.90 Å². The van der Waals surface area contributed by atoms with Crippen molar-refractivity contribution >= 4 is 69.4 Å². The van der Waals surface area contributed by atoms with Crippen LogP contribution in [-0.4, -0.2) is 17.1 Å². The molecule has 1 aliphatic heterocycles. The predicted molar refractivity (Wildman–Crippen MR) is 103 cm³/mol. The van der Waals surface area contributed by atoms with Gasteiger partial charge in [0.15, 0.2) is 0 Å². The second-order valence-corrected chi connectivity index (χ2v) is 8.74. The zero-order valence-corrected chi connectivity index (χ0v) is 16.0. The second-order valence-electron chi connectivity index (χ2n) is 5.39. The molecular formula is C17H13Cl2NO2S2. The van der Waals surface area contributed by atoms with E-state index in [0.29, 0.717) is 26.2 Å². The van der Waals surface area contributed by atoms with Crippen LogP contribution in [0.25, 0.3) is 5.57 Å². The molecule has 0 saturated carbocycles. The summed E-state index contributed by atoms with van der Waals surface area (Å²) in [7, 11) is 0. The van der Waals surface area contributed by atoms with Crippen molar-refractivity contribution in [2.45, 2.75) is 19.1 Å². The Morgan fingerprint density at radius 3 is 2.42 bits per heavy atom. The molecule has 0 spiro atoms. The van der Waals surface area contributed by atoms with E-state index in [-0.39, 0.29) is 17.1 Å². The van der Waals surface area contributed by atoms with Crippen molar-refractivity contribution in [3.05, 3.63) is 55.5 Å². The van der Waals surface area contributed by atoms with E-state index in [1.165, 1.54) is 34.1 Å². The number of hydrogen-bond donors (Lipinski definition) is 0. The highest BCUT2D eigenvalue weighted by atomic mass is 35.5. The summed E-state index contributed by atoms with van der Waals surface area (Å²) in [6, 6.07) is 8.46. The van der Waals surface area contributed by atoms with Crippen LogP contribution in [0.15, 0.2) is 40.6 Å². The summed E-state index contributed by atoms with van der Waals surface area (Å²) < 4.78 is 0. The lowest BCUT2D eigenvalue weighted by Gasteiger charge is -2.16.